The second kappa shape index (κ2) is 11.8. The number of amides is 1. The van der Waals surface area contributed by atoms with Crippen LogP contribution in [-0.4, -0.2) is 39.1 Å². The fourth-order valence-corrected chi connectivity index (χ4v) is 3.29. The number of halogens is 1. The molecule has 0 aliphatic heterocycles. The van der Waals surface area contributed by atoms with Crippen LogP contribution in [-0.2, 0) is 11.8 Å². The number of aliphatic imine (C=N–C) groups is 1. The van der Waals surface area contributed by atoms with Crippen molar-refractivity contribution in [1.82, 2.24) is 16.0 Å². The van der Waals surface area contributed by atoms with E-state index in [1.807, 2.05) is 24.3 Å². The molecule has 5 nitrogen and oxygen atoms in total. The van der Waals surface area contributed by atoms with Crippen LogP contribution in [0.1, 0.15) is 40.9 Å². The average Bonchev–Trinajstić information content (AvgIpc) is 2.70. The van der Waals surface area contributed by atoms with Gasteiger partial charge in [-0.25, -0.2) is 0 Å². The Hall–Kier alpha value is -2.09. The second-order valence-electron chi connectivity index (χ2n) is 7.58. The molecule has 0 aliphatic rings. The van der Waals surface area contributed by atoms with Crippen molar-refractivity contribution < 1.29 is 4.79 Å². The summed E-state index contributed by atoms with van der Waals surface area (Å²) in [6.45, 7) is 8.14. The van der Waals surface area contributed by atoms with Gasteiger partial charge in [-0.1, -0.05) is 50.2 Å². The topological polar surface area (TPSA) is 65.5 Å². The Labute approximate surface area is 191 Å². The van der Waals surface area contributed by atoms with Crippen molar-refractivity contribution in [1.29, 1.82) is 0 Å². The summed E-state index contributed by atoms with van der Waals surface area (Å²) in [5.74, 6) is 0.717. The van der Waals surface area contributed by atoms with E-state index in [0.29, 0.717) is 5.56 Å². The minimum absolute atomic E-state index is 0. The van der Waals surface area contributed by atoms with Gasteiger partial charge in [-0.05, 0) is 42.2 Å². The first-order chi connectivity index (χ1) is 13.4. The molecule has 1 amide bonds. The molecule has 0 atom stereocenters. The first-order valence-corrected chi connectivity index (χ1v) is 9.69. The number of rotatable bonds is 7. The Morgan fingerprint density at radius 3 is 2.45 bits per heavy atom. The highest BCUT2D eigenvalue weighted by Crippen LogP contribution is 2.25. The third-order valence-electron chi connectivity index (χ3n) is 4.92. The highest BCUT2D eigenvalue weighted by molar-refractivity contribution is 14.0. The SMILES string of the molecule is CN=C(NCCc1cccc(C(=O)NC)c1)NCC(C)(C)c1ccccc1C.I. The van der Waals surface area contributed by atoms with Crippen molar-refractivity contribution in [3.63, 3.8) is 0 Å². The maximum Gasteiger partial charge on any atom is 0.251 e. The van der Waals surface area contributed by atoms with Crippen molar-refractivity contribution in [2.24, 2.45) is 4.99 Å². The lowest BCUT2D eigenvalue weighted by Gasteiger charge is -2.28. The van der Waals surface area contributed by atoms with E-state index < -0.39 is 0 Å². The highest BCUT2D eigenvalue weighted by Gasteiger charge is 2.22. The molecule has 0 aliphatic carbocycles. The summed E-state index contributed by atoms with van der Waals surface area (Å²) in [6, 6.07) is 16.2. The number of aryl methyl sites for hydroxylation is 1. The number of carbonyl (C=O) groups excluding carboxylic acids is 1. The smallest absolute Gasteiger partial charge is 0.251 e. The summed E-state index contributed by atoms with van der Waals surface area (Å²) >= 11 is 0. The van der Waals surface area contributed by atoms with Gasteiger partial charge in [-0.3, -0.25) is 9.79 Å². The zero-order chi connectivity index (χ0) is 20.6. The normalized spacial score (nSPS) is 11.4. The van der Waals surface area contributed by atoms with Crippen molar-refractivity contribution >= 4 is 35.8 Å². The Kier molecular flexibility index (Phi) is 10.2. The Balaban J connectivity index is 0.00000420. The lowest BCUT2D eigenvalue weighted by Crippen LogP contribution is -2.44. The van der Waals surface area contributed by atoms with Gasteiger partial charge in [0.05, 0.1) is 0 Å². The molecule has 2 aromatic rings. The number of carbonyl (C=O) groups is 1. The molecule has 0 fully saturated rings. The molecule has 0 unspecified atom stereocenters. The molecular weight excluding hydrogens is 475 g/mol. The Morgan fingerprint density at radius 1 is 1.07 bits per heavy atom. The lowest BCUT2D eigenvalue weighted by atomic mass is 9.82. The molecule has 2 aromatic carbocycles. The zero-order valence-corrected chi connectivity index (χ0v) is 20.3. The monoisotopic (exact) mass is 508 g/mol. The van der Waals surface area contributed by atoms with E-state index in [9.17, 15) is 4.79 Å². The van der Waals surface area contributed by atoms with E-state index >= 15 is 0 Å². The number of nitrogens with one attached hydrogen (secondary N) is 3. The number of guanidine groups is 1. The molecule has 3 N–H and O–H groups in total. The van der Waals surface area contributed by atoms with Crippen LogP contribution in [0.2, 0.25) is 0 Å². The van der Waals surface area contributed by atoms with Gasteiger partial charge < -0.3 is 16.0 Å². The van der Waals surface area contributed by atoms with Crippen molar-refractivity contribution in [2.75, 3.05) is 27.2 Å². The van der Waals surface area contributed by atoms with Gasteiger partial charge in [-0.2, -0.15) is 0 Å². The van der Waals surface area contributed by atoms with E-state index in [0.717, 1.165) is 31.0 Å². The van der Waals surface area contributed by atoms with Gasteiger partial charge in [0.1, 0.15) is 0 Å². The fourth-order valence-electron chi connectivity index (χ4n) is 3.29. The maximum absolute atomic E-state index is 11.8. The summed E-state index contributed by atoms with van der Waals surface area (Å²) in [7, 11) is 3.42. The van der Waals surface area contributed by atoms with E-state index in [-0.39, 0.29) is 35.3 Å². The van der Waals surface area contributed by atoms with Crippen LogP contribution in [0, 0.1) is 6.92 Å². The molecule has 0 bridgehead atoms. The van der Waals surface area contributed by atoms with Crippen LogP contribution in [0.15, 0.2) is 53.5 Å². The molecular formula is C23H33IN4O. The van der Waals surface area contributed by atoms with E-state index in [1.54, 1.807) is 14.1 Å². The zero-order valence-electron chi connectivity index (χ0n) is 18.0. The number of nitrogens with zero attached hydrogens (tertiary/aromatic N) is 1. The highest BCUT2D eigenvalue weighted by atomic mass is 127. The van der Waals surface area contributed by atoms with Crippen LogP contribution in [0.25, 0.3) is 0 Å². The predicted molar refractivity (Wildman–Crippen MR) is 133 cm³/mol. The van der Waals surface area contributed by atoms with Crippen LogP contribution < -0.4 is 16.0 Å². The van der Waals surface area contributed by atoms with Crippen LogP contribution in [0.3, 0.4) is 0 Å². The molecule has 6 heteroatoms. The third kappa shape index (κ3) is 7.34. The quantitative estimate of drug-likeness (QED) is 0.304. The number of benzene rings is 2. The average molecular weight is 508 g/mol. The first-order valence-electron chi connectivity index (χ1n) is 9.69. The Morgan fingerprint density at radius 2 is 1.79 bits per heavy atom. The Bertz CT molecular complexity index is 833. The van der Waals surface area contributed by atoms with Crippen LogP contribution >= 0.6 is 24.0 Å². The molecule has 29 heavy (non-hydrogen) atoms. The van der Waals surface area contributed by atoms with Gasteiger partial charge in [0.25, 0.3) is 5.91 Å². The molecule has 2 rings (SSSR count). The van der Waals surface area contributed by atoms with Crippen molar-refractivity contribution in [3.8, 4) is 0 Å². The summed E-state index contributed by atoms with van der Waals surface area (Å²) < 4.78 is 0. The van der Waals surface area contributed by atoms with Gasteiger partial charge in [0, 0.05) is 38.2 Å². The summed E-state index contributed by atoms with van der Waals surface area (Å²) in [4.78, 5) is 16.1. The van der Waals surface area contributed by atoms with Crippen LogP contribution in [0.4, 0.5) is 0 Å². The predicted octanol–water partition coefficient (Wildman–Crippen LogP) is 3.66. The van der Waals surface area contributed by atoms with Gasteiger partial charge in [0.15, 0.2) is 5.96 Å². The molecule has 0 saturated heterocycles. The van der Waals surface area contributed by atoms with Gasteiger partial charge >= 0.3 is 0 Å². The van der Waals surface area contributed by atoms with E-state index in [2.05, 4.69) is 66.0 Å². The van der Waals surface area contributed by atoms with Crippen molar-refractivity contribution in [3.05, 3.63) is 70.8 Å². The molecule has 0 aromatic heterocycles. The standard InChI is InChI=1S/C23H32N4O.HI/c1-17-9-6-7-12-20(17)23(2,3)16-27-22(25-5)26-14-13-18-10-8-11-19(15-18)21(28)24-4;/h6-12,15H,13-14,16H2,1-5H3,(H,24,28)(H2,25,26,27);1H. The van der Waals surface area contributed by atoms with Crippen LogP contribution in [0.5, 0.6) is 0 Å². The van der Waals surface area contributed by atoms with Gasteiger partial charge in [0.2, 0.25) is 0 Å². The molecule has 0 spiro atoms. The molecule has 0 heterocycles. The largest absolute Gasteiger partial charge is 0.356 e. The number of hydrogen-bond acceptors (Lipinski definition) is 2. The van der Waals surface area contributed by atoms with E-state index in [4.69, 9.17) is 0 Å². The van der Waals surface area contributed by atoms with Crippen molar-refractivity contribution in [2.45, 2.75) is 32.6 Å². The third-order valence-corrected chi connectivity index (χ3v) is 4.92. The minimum Gasteiger partial charge on any atom is -0.356 e. The number of hydrogen-bond donors (Lipinski definition) is 3. The summed E-state index contributed by atoms with van der Waals surface area (Å²) in [5, 5.41) is 9.45. The van der Waals surface area contributed by atoms with E-state index in [1.165, 1.54) is 11.1 Å². The molecule has 158 valence electrons. The molecule has 0 radical (unpaired) electrons. The first kappa shape index (κ1) is 24.9. The van der Waals surface area contributed by atoms with Gasteiger partial charge in [-0.15, -0.1) is 24.0 Å². The second-order valence-corrected chi connectivity index (χ2v) is 7.58. The maximum atomic E-state index is 11.8. The minimum atomic E-state index is -0.0641. The molecule has 0 saturated carbocycles. The summed E-state index contributed by atoms with van der Waals surface area (Å²) in [5.41, 5.74) is 4.43. The lowest BCUT2D eigenvalue weighted by molar-refractivity contribution is 0.0963. The summed E-state index contributed by atoms with van der Waals surface area (Å²) in [6.07, 6.45) is 0.812. The fraction of sp³-hybridized carbons (Fsp3) is 0.391.